The van der Waals surface area contributed by atoms with Gasteiger partial charge in [0.2, 0.25) is 15.9 Å². The second kappa shape index (κ2) is 12.8. The van der Waals surface area contributed by atoms with E-state index in [1.54, 1.807) is 0 Å². The van der Waals surface area contributed by atoms with Gasteiger partial charge in [0.05, 0.1) is 21.9 Å². The highest BCUT2D eigenvalue weighted by Gasteiger charge is 2.39. The van der Waals surface area contributed by atoms with E-state index in [4.69, 9.17) is 9.52 Å². The van der Waals surface area contributed by atoms with Gasteiger partial charge in [-0.1, -0.05) is 32.1 Å². The summed E-state index contributed by atoms with van der Waals surface area (Å²) in [5.41, 5.74) is 0.170. The molecule has 0 bridgehead atoms. The van der Waals surface area contributed by atoms with Gasteiger partial charge >= 0.3 is 18.5 Å². The molecule has 1 atom stereocenters. The number of nitrogens with one attached hydrogen (secondary N) is 1. The maximum absolute atomic E-state index is 13.5. The van der Waals surface area contributed by atoms with Crippen LogP contribution in [0.25, 0.3) is 21.3 Å². The molecule has 2 heterocycles. The van der Waals surface area contributed by atoms with Gasteiger partial charge < -0.3 is 14.3 Å². The third-order valence-electron chi connectivity index (χ3n) is 6.66. The number of hydrogen-bond donors (Lipinski definition) is 2. The minimum Gasteiger partial charge on any atom is -0.481 e. The largest absolute Gasteiger partial charge is 0.573 e. The topological polar surface area (TPSA) is 145 Å². The number of alkyl halides is 6. The average molecular weight is 657 g/mol. The van der Waals surface area contributed by atoms with E-state index >= 15 is 0 Å². The molecule has 1 unspecified atom stereocenters. The van der Waals surface area contributed by atoms with Crippen molar-refractivity contribution in [2.24, 2.45) is 5.92 Å². The maximum Gasteiger partial charge on any atom is 0.573 e. The van der Waals surface area contributed by atoms with E-state index in [0.717, 1.165) is 55.6 Å². The number of nitrogens with zero attached hydrogens (tertiary/aromatic N) is 3. The first kappa shape index (κ1) is 32.7. The normalized spacial score (nSPS) is 15.9. The van der Waals surface area contributed by atoms with Gasteiger partial charge in [-0.15, -0.1) is 34.7 Å². The van der Waals surface area contributed by atoms with E-state index in [0.29, 0.717) is 25.1 Å². The molecule has 1 aromatic carbocycles. The summed E-state index contributed by atoms with van der Waals surface area (Å²) in [5.74, 6) is -1.96. The SMILES string of the molecule is CC(NS(=O)(=O)c1ccc(-c2sc(-c3nnc(CCC(=O)O)o3)nc2CC2CCCCC2)c(OC(F)(F)F)c1)C(F)(F)F. The van der Waals surface area contributed by atoms with E-state index in [9.17, 15) is 39.6 Å². The molecule has 18 heteroatoms. The van der Waals surface area contributed by atoms with Crippen LogP contribution in [-0.4, -0.2) is 53.3 Å². The Morgan fingerprint density at radius 1 is 1.16 bits per heavy atom. The number of carboxylic acid groups (broad SMARTS) is 1. The van der Waals surface area contributed by atoms with Crippen LogP contribution in [0.1, 0.15) is 57.0 Å². The van der Waals surface area contributed by atoms with Crippen molar-refractivity contribution in [2.45, 2.75) is 81.8 Å². The summed E-state index contributed by atoms with van der Waals surface area (Å²) in [6.07, 6.45) is -5.48. The lowest BCUT2D eigenvalue weighted by atomic mass is 9.85. The molecule has 0 spiro atoms. The minimum atomic E-state index is -5.27. The van der Waals surface area contributed by atoms with Crippen LogP contribution in [0.15, 0.2) is 27.5 Å². The first-order valence-electron chi connectivity index (χ1n) is 13.1. The summed E-state index contributed by atoms with van der Waals surface area (Å²) in [6.45, 7) is 0.556. The van der Waals surface area contributed by atoms with Gasteiger partial charge in [-0.3, -0.25) is 4.79 Å². The molecule has 4 rings (SSSR count). The number of aliphatic carboxylic acids is 1. The summed E-state index contributed by atoms with van der Waals surface area (Å²) in [4.78, 5) is 14.7. The highest BCUT2D eigenvalue weighted by Crippen LogP contribution is 2.44. The second-order valence-electron chi connectivity index (χ2n) is 9.99. The summed E-state index contributed by atoms with van der Waals surface area (Å²) < 4.78 is 116. The van der Waals surface area contributed by atoms with Gasteiger partial charge in [0.1, 0.15) is 11.8 Å². The van der Waals surface area contributed by atoms with Crippen molar-refractivity contribution in [3.63, 3.8) is 0 Å². The molecule has 3 aromatic rings. The highest BCUT2D eigenvalue weighted by molar-refractivity contribution is 7.89. The third-order valence-corrected chi connectivity index (χ3v) is 9.32. The number of carboxylic acids is 1. The molecular formula is C25H26F6N4O6S2. The van der Waals surface area contributed by atoms with E-state index in [1.165, 1.54) is 4.72 Å². The number of aromatic nitrogens is 3. The minimum absolute atomic E-state index is 0.0132. The van der Waals surface area contributed by atoms with Crippen LogP contribution in [0.2, 0.25) is 0 Å². The quantitative estimate of drug-likeness (QED) is 0.233. The summed E-state index contributed by atoms with van der Waals surface area (Å²) in [7, 11) is -4.90. The number of carbonyl (C=O) groups is 1. The molecule has 0 radical (unpaired) electrons. The standard InChI is InChI=1S/C25H26F6N4O6S2/c1-13(24(26,27)28)35-43(38,39)15-7-8-16(18(12-15)41-25(29,30)31)21-17(11-14-5-3-2-4-6-14)32-23(42-21)22-34-33-19(40-22)9-10-20(36)37/h7-8,12-14,35H,2-6,9-11H2,1H3,(H,36,37). The van der Waals surface area contributed by atoms with Gasteiger partial charge in [0, 0.05) is 18.1 Å². The fourth-order valence-corrected chi connectivity index (χ4v) is 6.83. The van der Waals surface area contributed by atoms with E-state index in [-0.39, 0.29) is 46.0 Å². The van der Waals surface area contributed by atoms with Crippen LogP contribution in [0.5, 0.6) is 5.75 Å². The zero-order valence-electron chi connectivity index (χ0n) is 22.5. The van der Waals surface area contributed by atoms with Crippen molar-refractivity contribution < 1.29 is 53.8 Å². The number of sulfonamides is 1. The monoisotopic (exact) mass is 656 g/mol. The van der Waals surface area contributed by atoms with Crippen LogP contribution >= 0.6 is 11.3 Å². The Labute approximate surface area is 245 Å². The second-order valence-corrected chi connectivity index (χ2v) is 12.7. The van der Waals surface area contributed by atoms with Crippen molar-refractivity contribution in [3.8, 4) is 27.1 Å². The zero-order chi connectivity index (χ0) is 31.6. The highest BCUT2D eigenvalue weighted by atomic mass is 32.2. The number of aryl methyl sites for hydroxylation is 1. The number of halogens is 6. The van der Waals surface area contributed by atoms with Gasteiger partial charge in [-0.05, 0) is 31.4 Å². The Bertz CT molecular complexity index is 1550. The molecule has 2 aromatic heterocycles. The van der Waals surface area contributed by atoms with Gasteiger partial charge in [-0.2, -0.15) is 17.9 Å². The molecule has 1 aliphatic rings. The fourth-order valence-electron chi connectivity index (χ4n) is 4.55. The number of hydrogen-bond acceptors (Lipinski definition) is 9. The van der Waals surface area contributed by atoms with Crippen molar-refractivity contribution in [2.75, 3.05) is 0 Å². The summed E-state index contributed by atoms with van der Waals surface area (Å²) in [6, 6.07) is -0.106. The molecule has 0 amide bonds. The number of ether oxygens (including phenoxy) is 1. The first-order chi connectivity index (χ1) is 20.0. The first-order valence-corrected chi connectivity index (χ1v) is 15.4. The van der Waals surface area contributed by atoms with Crippen LogP contribution in [0, 0.1) is 5.92 Å². The summed E-state index contributed by atoms with van der Waals surface area (Å²) >= 11 is 0.875. The lowest BCUT2D eigenvalue weighted by molar-refractivity contribution is -0.274. The van der Waals surface area contributed by atoms with Crippen molar-refractivity contribution in [1.29, 1.82) is 0 Å². The number of rotatable bonds is 11. The molecule has 10 nitrogen and oxygen atoms in total. The molecule has 0 saturated heterocycles. The predicted octanol–water partition coefficient (Wildman–Crippen LogP) is 6.13. The van der Waals surface area contributed by atoms with Crippen molar-refractivity contribution in [1.82, 2.24) is 19.9 Å². The molecule has 2 N–H and O–H groups in total. The lowest BCUT2D eigenvalue weighted by Crippen LogP contribution is -2.42. The smallest absolute Gasteiger partial charge is 0.481 e. The maximum atomic E-state index is 13.5. The Kier molecular flexibility index (Phi) is 9.70. The Balaban J connectivity index is 1.78. The average Bonchev–Trinajstić information content (AvgIpc) is 3.54. The summed E-state index contributed by atoms with van der Waals surface area (Å²) in [5, 5.41) is 16.7. The van der Waals surface area contributed by atoms with Crippen molar-refractivity contribution >= 4 is 27.3 Å². The molecule has 236 valence electrons. The van der Waals surface area contributed by atoms with Gasteiger partial charge in [0.15, 0.2) is 5.01 Å². The zero-order valence-corrected chi connectivity index (χ0v) is 24.1. The van der Waals surface area contributed by atoms with Crippen LogP contribution in [-0.2, 0) is 27.7 Å². The third kappa shape index (κ3) is 8.66. The molecule has 1 aliphatic carbocycles. The van der Waals surface area contributed by atoms with E-state index in [2.05, 4.69) is 19.9 Å². The van der Waals surface area contributed by atoms with Crippen molar-refractivity contribution in [3.05, 3.63) is 29.8 Å². The van der Waals surface area contributed by atoms with Gasteiger partial charge in [-0.25, -0.2) is 13.4 Å². The Hall–Kier alpha value is -3.25. The van der Waals surface area contributed by atoms with Crippen LogP contribution in [0.4, 0.5) is 26.3 Å². The van der Waals surface area contributed by atoms with E-state index in [1.807, 2.05) is 0 Å². The molecule has 0 aliphatic heterocycles. The molecule has 43 heavy (non-hydrogen) atoms. The Morgan fingerprint density at radius 3 is 2.49 bits per heavy atom. The van der Waals surface area contributed by atoms with Crippen LogP contribution in [0.3, 0.4) is 0 Å². The lowest BCUT2D eigenvalue weighted by Gasteiger charge is -2.21. The Morgan fingerprint density at radius 2 is 1.86 bits per heavy atom. The van der Waals surface area contributed by atoms with Crippen LogP contribution < -0.4 is 9.46 Å². The van der Waals surface area contributed by atoms with Gasteiger partial charge in [0.25, 0.3) is 5.89 Å². The fraction of sp³-hybridized carbons (Fsp3) is 0.520. The molecular weight excluding hydrogens is 630 g/mol. The number of thiazole rings is 1. The van der Waals surface area contributed by atoms with E-state index < -0.39 is 45.2 Å². The number of benzene rings is 1. The molecule has 1 saturated carbocycles. The molecule has 1 fully saturated rings. The predicted molar refractivity (Wildman–Crippen MR) is 140 cm³/mol.